The number of hydrogen-bond acceptors (Lipinski definition) is 2. The van der Waals surface area contributed by atoms with Crippen molar-refractivity contribution in [1.29, 1.82) is 0 Å². The predicted molar refractivity (Wildman–Crippen MR) is 69.5 cm³/mol. The molecular weight excluding hydrogens is 212 g/mol. The minimum atomic E-state index is -0.0653. The van der Waals surface area contributed by atoms with E-state index in [-0.39, 0.29) is 6.17 Å². The molecule has 1 aromatic heterocycles. The fraction of sp³-hybridized carbons (Fsp3) is 0.231. The molecule has 1 aliphatic rings. The predicted octanol–water partition coefficient (Wildman–Crippen LogP) is 1.65. The lowest BCUT2D eigenvalue weighted by molar-refractivity contribution is 0.717. The summed E-state index contributed by atoms with van der Waals surface area (Å²) < 4.78 is 0. The van der Waals surface area contributed by atoms with Crippen LogP contribution in [0.5, 0.6) is 0 Å². The molecule has 0 spiro atoms. The molecule has 4 nitrogen and oxygen atoms in total. The quantitative estimate of drug-likeness (QED) is 0.624. The van der Waals surface area contributed by atoms with Gasteiger partial charge in [0.1, 0.15) is 0 Å². The highest BCUT2D eigenvalue weighted by Gasteiger charge is 2.04. The molecule has 0 amide bonds. The van der Waals surface area contributed by atoms with E-state index in [1.807, 2.05) is 30.7 Å². The molecule has 0 bridgehead atoms. The third kappa shape index (κ3) is 3.26. The van der Waals surface area contributed by atoms with E-state index >= 15 is 0 Å². The van der Waals surface area contributed by atoms with Gasteiger partial charge in [-0.2, -0.15) is 0 Å². The molecule has 0 saturated carbocycles. The van der Waals surface area contributed by atoms with Gasteiger partial charge >= 0.3 is 0 Å². The summed E-state index contributed by atoms with van der Waals surface area (Å²) in [6.45, 7) is 2.11. The Bertz CT molecular complexity index is 477. The van der Waals surface area contributed by atoms with Gasteiger partial charge < -0.3 is 21.2 Å². The van der Waals surface area contributed by atoms with Crippen molar-refractivity contribution in [3.8, 4) is 0 Å². The molecule has 0 aliphatic carbocycles. The van der Waals surface area contributed by atoms with Crippen molar-refractivity contribution in [2.24, 2.45) is 5.73 Å². The first-order chi connectivity index (χ1) is 8.25. The molecular formula is C13H18N4. The van der Waals surface area contributed by atoms with Crippen LogP contribution in [0.3, 0.4) is 0 Å². The van der Waals surface area contributed by atoms with Crippen molar-refractivity contribution in [3.05, 3.63) is 59.6 Å². The lowest BCUT2D eigenvalue weighted by Crippen LogP contribution is -2.33. The van der Waals surface area contributed by atoms with Gasteiger partial charge in [-0.25, -0.2) is 0 Å². The topological polar surface area (TPSA) is 69.6 Å². The molecule has 17 heavy (non-hydrogen) atoms. The van der Waals surface area contributed by atoms with E-state index in [0.717, 1.165) is 6.42 Å². The van der Waals surface area contributed by atoms with E-state index in [1.54, 1.807) is 0 Å². The lowest BCUT2D eigenvalue weighted by atomic mass is 10.0. The Balaban J connectivity index is 2.20. The molecule has 1 aromatic rings. The van der Waals surface area contributed by atoms with Gasteiger partial charge in [-0.05, 0) is 35.8 Å². The maximum absolute atomic E-state index is 5.70. The van der Waals surface area contributed by atoms with Gasteiger partial charge in [-0.3, -0.25) is 0 Å². The average molecular weight is 230 g/mol. The maximum atomic E-state index is 5.70. The van der Waals surface area contributed by atoms with E-state index in [4.69, 9.17) is 5.73 Å². The first-order valence-electron chi connectivity index (χ1n) is 5.68. The van der Waals surface area contributed by atoms with E-state index in [9.17, 15) is 0 Å². The van der Waals surface area contributed by atoms with Crippen LogP contribution in [0.15, 0.2) is 48.5 Å². The number of nitrogens with two attached hydrogens (primary N) is 1. The van der Waals surface area contributed by atoms with Crippen LogP contribution in [0.25, 0.3) is 0 Å². The second-order valence-electron chi connectivity index (χ2n) is 4.11. The summed E-state index contributed by atoms with van der Waals surface area (Å²) in [5, 5.41) is 9.08. The van der Waals surface area contributed by atoms with Crippen LogP contribution in [-0.4, -0.2) is 16.4 Å². The molecule has 1 aliphatic heterocycles. The van der Waals surface area contributed by atoms with Crippen LogP contribution in [0.4, 0.5) is 0 Å². The standard InChI is InChI=1S/C13H18N4/c1-10-3-2-6-16-17-9-12(10)7-11-4-5-13(14)15-8-11/h2-6,8-9,13,15-17H,7,14H2,1H3. The highest BCUT2D eigenvalue weighted by Crippen LogP contribution is 2.12. The Morgan fingerprint density at radius 3 is 3.00 bits per heavy atom. The lowest BCUT2D eigenvalue weighted by Gasteiger charge is -2.14. The highest BCUT2D eigenvalue weighted by molar-refractivity contribution is 5.32. The van der Waals surface area contributed by atoms with E-state index in [1.165, 1.54) is 16.7 Å². The van der Waals surface area contributed by atoms with Gasteiger partial charge in [0.2, 0.25) is 0 Å². The van der Waals surface area contributed by atoms with E-state index in [0.29, 0.717) is 0 Å². The summed E-state index contributed by atoms with van der Waals surface area (Å²) in [6, 6.07) is 4.07. The summed E-state index contributed by atoms with van der Waals surface area (Å²) in [7, 11) is 0. The van der Waals surface area contributed by atoms with Gasteiger partial charge in [0.05, 0.1) is 6.17 Å². The molecule has 90 valence electrons. The largest absolute Gasteiger partial charge is 0.372 e. The Kier molecular flexibility index (Phi) is 3.67. The fourth-order valence-corrected chi connectivity index (χ4v) is 1.69. The number of rotatable bonds is 2. The number of allylic oxidation sites excluding steroid dienone is 2. The average Bonchev–Trinajstić information content (AvgIpc) is 2.31. The van der Waals surface area contributed by atoms with Gasteiger partial charge in [-0.1, -0.05) is 12.1 Å². The molecule has 5 N–H and O–H groups in total. The molecule has 4 heteroatoms. The van der Waals surface area contributed by atoms with Crippen molar-refractivity contribution in [2.75, 3.05) is 0 Å². The normalized spacial score (nSPS) is 18.2. The number of aryl methyl sites for hydroxylation is 1. The molecule has 2 rings (SSSR count). The summed E-state index contributed by atoms with van der Waals surface area (Å²) in [5.74, 6) is 0. The first kappa shape index (κ1) is 11.5. The van der Waals surface area contributed by atoms with Crippen molar-refractivity contribution >= 4 is 0 Å². The smallest absolute Gasteiger partial charge is 0.0934 e. The zero-order valence-electron chi connectivity index (χ0n) is 9.90. The Morgan fingerprint density at radius 2 is 2.24 bits per heavy atom. The van der Waals surface area contributed by atoms with Crippen LogP contribution in [0, 0.1) is 6.92 Å². The van der Waals surface area contributed by atoms with Crippen molar-refractivity contribution in [2.45, 2.75) is 19.5 Å². The summed E-state index contributed by atoms with van der Waals surface area (Å²) in [6.07, 6.45) is 10.7. The number of hydrogen-bond donors (Lipinski definition) is 4. The first-order valence-corrected chi connectivity index (χ1v) is 5.68. The summed E-state index contributed by atoms with van der Waals surface area (Å²) in [4.78, 5) is 0. The van der Waals surface area contributed by atoms with Gasteiger partial charge in [0.15, 0.2) is 0 Å². The maximum Gasteiger partial charge on any atom is 0.0934 e. The molecule has 1 atom stereocenters. The van der Waals surface area contributed by atoms with Crippen LogP contribution in [-0.2, 0) is 6.42 Å². The van der Waals surface area contributed by atoms with Crippen LogP contribution >= 0.6 is 0 Å². The SMILES string of the molecule is Cc1ccc[nH][nH]cc1CC1=CNC(N)C=C1. The van der Waals surface area contributed by atoms with Crippen LogP contribution in [0.2, 0.25) is 0 Å². The molecule has 2 heterocycles. The second kappa shape index (κ2) is 5.41. The van der Waals surface area contributed by atoms with E-state index in [2.05, 4.69) is 34.6 Å². The van der Waals surface area contributed by atoms with Gasteiger partial charge in [0, 0.05) is 25.0 Å². The molecule has 0 radical (unpaired) electrons. The third-order valence-electron chi connectivity index (χ3n) is 2.74. The Labute approximate surface area is 101 Å². The highest BCUT2D eigenvalue weighted by atomic mass is 15.1. The zero-order chi connectivity index (χ0) is 12.1. The third-order valence-corrected chi connectivity index (χ3v) is 2.74. The number of nitrogens with one attached hydrogen (secondary N) is 3. The number of dihydropyridines is 1. The Hall–Kier alpha value is -1.94. The minimum absolute atomic E-state index is 0.0653. The number of H-pyrrole nitrogens is 2. The van der Waals surface area contributed by atoms with Crippen LogP contribution < -0.4 is 11.1 Å². The molecule has 0 aromatic carbocycles. The van der Waals surface area contributed by atoms with Gasteiger partial charge in [0.25, 0.3) is 0 Å². The van der Waals surface area contributed by atoms with Crippen molar-refractivity contribution in [3.63, 3.8) is 0 Å². The second-order valence-corrected chi connectivity index (χ2v) is 4.11. The Morgan fingerprint density at radius 1 is 1.35 bits per heavy atom. The van der Waals surface area contributed by atoms with Crippen LogP contribution in [0.1, 0.15) is 11.1 Å². The van der Waals surface area contributed by atoms with Crippen molar-refractivity contribution in [1.82, 2.24) is 15.5 Å². The van der Waals surface area contributed by atoms with Gasteiger partial charge in [-0.15, -0.1) is 0 Å². The monoisotopic (exact) mass is 230 g/mol. The number of aromatic nitrogens is 2. The van der Waals surface area contributed by atoms with E-state index < -0.39 is 0 Å². The zero-order valence-corrected chi connectivity index (χ0v) is 9.90. The summed E-state index contributed by atoms with van der Waals surface area (Å²) >= 11 is 0. The molecule has 0 fully saturated rings. The molecule has 1 unspecified atom stereocenters. The van der Waals surface area contributed by atoms with Crippen molar-refractivity contribution < 1.29 is 0 Å². The number of aromatic amines is 2. The molecule has 0 saturated heterocycles. The summed E-state index contributed by atoms with van der Waals surface area (Å²) in [5.41, 5.74) is 9.42. The fourth-order valence-electron chi connectivity index (χ4n) is 1.69. The minimum Gasteiger partial charge on any atom is -0.372 e.